The van der Waals surface area contributed by atoms with Gasteiger partial charge in [-0.3, -0.25) is 0 Å². The molecule has 1 heterocycles. The number of allylic oxidation sites excluding steroid dienone is 1. The lowest BCUT2D eigenvalue weighted by atomic mass is 10.1. The molecule has 0 aromatic rings. The summed E-state index contributed by atoms with van der Waals surface area (Å²) in [7, 11) is 0. The van der Waals surface area contributed by atoms with E-state index in [-0.39, 0.29) is 24.9 Å². The standard InChI is InChI=1S/C14H22FNO2/c1-3-11(9-17)14(15)12(4-2)10-18-13-5-7-16-8-6-13/h3-4,13,16-17H,1,5-10H2,2H3/b12-4-,14-11-. The van der Waals surface area contributed by atoms with Crippen LogP contribution >= 0.6 is 0 Å². The number of hydrogen-bond acceptors (Lipinski definition) is 3. The number of piperidine rings is 1. The van der Waals surface area contributed by atoms with Crippen LogP contribution in [0.4, 0.5) is 4.39 Å². The minimum Gasteiger partial charge on any atom is -0.392 e. The van der Waals surface area contributed by atoms with Gasteiger partial charge in [-0.25, -0.2) is 4.39 Å². The molecule has 0 atom stereocenters. The fraction of sp³-hybridized carbons (Fsp3) is 0.571. The lowest BCUT2D eigenvalue weighted by Crippen LogP contribution is -2.32. The molecule has 18 heavy (non-hydrogen) atoms. The van der Waals surface area contributed by atoms with Gasteiger partial charge in [0.25, 0.3) is 0 Å². The zero-order chi connectivity index (χ0) is 13.4. The van der Waals surface area contributed by atoms with Crippen LogP contribution in [-0.2, 0) is 4.74 Å². The molecule has 0 aliphatic carbocycles. The van der Waals surface area contributed by atoms with Gasteiger partial charge in [-0.05, 0) is 32.9 Å². The van der Waals surface area contributed by atoms with Crippen molar-refractivity contribution in [2.24, 2.45) is 0 Å². The average molecular weight is 255 g/mol. The van der Waals surface area contributed by atoms with Gasteiger partial charge in [0.2, 0.25) is 0 Å². The van der Waals surface area contributed by atoms with Crippen molar-refractivity contribution in [2.75, 3.05) is 26.3 Å². The quantitative estimate of drug-likeness (QED) is 0.714. The van der Waals surface area contributed by atoms with Crippen LogP contribution in [0.2, 0.25) is 0 Å². The SMILES string of the molecule is C=C/C(CO)=C(F)\C(=C/C)COC1CCNCC1. The van der Waals surface area contributed by atoms with Crippen LogP contribution in [0.15, 0.2) is 35.7 Å². The van der Waals surface area contributed by atoms with E-state index in [1.807, 2.05) is 0 Å². The minimum absolute atomic E-state index is 0.190. The summed E-state index contributed by atoms with van der Waals surface area (Å²) >= 11 is 0. The molecule has 1 fully saturated rings. The van der Waals surface area contributed by atoms with Crippen molar-refractivity contribution in [3.63, 3.8) is 0 Å². The third kappa shape index (κ3) is 4.37. The second-order valence-corrected chi connectivity index (χ2v) is 4.28. The number of nitrogens with one attached hydrogen (secondary N) is 1. The Morgan fingerprint density at radius 2 is 2.17 bits per heavy atom. The Balaban J connectivity index is 2.56. The van der Waals surface area contributed by atoms with Crippen molar-refractivity contribution >= 4 is 0 Å². The Bertz CT molecular complexity index is 331. The molecule has 0 unspecified atom stereocenters. The average Bonchev–Trinajstić information content (AvgIpc) is 2.42. The molecule has 3 nitrogen and oxygen atoms in total. The third-order valence-electron chi connectivity index (χ3n) is 3.09. The smallest absolute Gasteiger partial charge is 0.133 e. The van der Waals surface area contributed by atoms with Gasteiger partial charge in [-0.2, -0.15) is 0 Å². The van der Waals surface area contributed by atoms with Crippen LogP contribution in [0.25, 0.3) is 0 Å². The summed E-state index contributed by atoms with van der Waals surface area (Å²) in [5.74, 6) is -0.427. The lowest BCUT2D eigenvalue weighted by Gasteiger charge is -2.23. The van der Waals surface area contributed by atoms with Crippen LogP contribution in [-0.4, -0.2) is 37.5 Å². The van der Waals surface area contributed by atoms with E-state index in [1.54, 1.807) is 13.0 Å². The van der Waals surface area contributed by atoms with Crippen LogP contribution in [0.1, 0.15) is 19.8 Å². The maximum absolute atomic E-state index is 14.0. The molecule has 0 amide bonds. The molecule has 0 bridgehead atoms. The van der Waals surface area contributed by atoms with E-state index in [0.29, 0.717) is 5.57 Å². The fourth-order valence-corrected chi connectivity index (χ4v) is 1.87. The normalized spacial score (nSPS) is 19.6. The Morgan fingerprint density at radius 3 is 2.67 bits per heavy atom. The van der Waals surface area contributed by atoms with E-state index < -0.39 is 5.83 Å². The van der Waals surface area contributed by atoms with Crippen molar-refractivity contribution in [1.82, 2.24) is 5.32 Å². The summed E-state index contributed by atoms with van der Waals surface area (Å²) in [5.41, 5.74) is 0.675. The number of rotatable bonds is 6. The van der Waals surface area contributed by atoms with Gasteiger partial charge in [0.1, 0.15) is 5.83 Å². The molecule has 1 saturated heterocycles. The zero-order valence-electron chi connectivity index (χ0n) is 10.9. The molecule has 4 heteroatoms. The second kappa shape index (κ2) is 8.19. The number of ether oxygens (including phenoxy) is 1. The summed E-state index contributed by atoms with van der Waals surface area (Å²) in [6.45, 7) is 7.04. The summed E-state index contributed by atoms with van der Waals surface area (Å²) in [6.07, 6.45) is 5.11. The Morgan fingerprint density at radius 1 is 1.50 bits per heavy atom. The Kier molecular flexibility index (Phi) is 6.86. The highest BCUT2D eigenvalue weighted by Gasteiger charge is 2.15. The van der Waals surface area contributed by atoms with E-state index in [2.05, 4.69) is 11.9 Å². The van der Waals surface area contributed by atoms with Crippen molar-refractivity contribution < 1.29 is 14.2 Å². The second-order valence-electron chi connectivity index (χ2n) is 4.28. The first kappa shape index (κ1) is 15.1. The van der Waals surface area contributed by atoms with Crippen LogP contribution < -0.4 is 5.32 Å². The van der Waals surface area contributed by atoms with Gasteiger partial charge in [-0.15, -0.1) is 0 Å². The van der Waals surface area contributed by atoms with Gasteiger partial charge >= 0.3 is 0 Å². The van der Waals surface area contributed by atoms with Crippen LogP contribution in [0, 0.1) is 0 Å². The summed E-state index contributed by atoms with van der Waals surface area (Å²) in [5, 5.41) is 12.3. The minimum atomic E-state index is -0.427. The molecular formula is C14H22FNO2. The maximum atomic E-state index is 14.0. The topological polar surface area (TPSA) is 41.5 Å². The van der Waals surface area contributed by atoms with Gasteiger partial charge in [0, 0.05) is 11.1 Å². The van der Waals surface area contributed by atoms with Crippen LogP contribution in [0.5, 0.6) is 0 Å². The van der Waals surface area contributed by atoms with Crippen molar-refractivity contribution in [3.05, 3.63) is 35.7 Å². The number of halogens is 1. The van der Waals surface area contributed by atoms with E-state index in [1.165, 1.54) is 6.08 Å². The van der Waals surface area contributed by atoms with E-state index in [9.17, 15) is 4.39 Å². The molecule has 2 N–H and O–H groups in total. The highest BCUT2D eigenvalue weighted by molar-refractivity contribution is 5.35. The maximum Gasteiger partial charge on any atom is 0.133 e. The molecule has 1 aliphatic heterocycles. The van der Waals surface area contributed by atoms with E-state index in [4.69, 9.17) is 9.84 Å². The highest BCUT2D eigenvalue weighted by atomic mass is 19.1. The van der Waals surface area contributed by atoms with Gasteiger partial charge < -0.3 is 15.2 Å². The first-order valence-corrected chi connectivity index (χ1v) is 6.32. The molecule has 0 saturated carbocycles. The monoisotopic (exact) mass is 255 g/mol. The van der Waals surface area contributed by atoms with Crippen LogP contribution in [0.3, 0.4) is 0 Å². The van der Waals surface area contributed by atoms with Gasteiger partial charge in [0.05, 0.1) is 19.3 Å². The first-order chi connectivity index (χ1) is 8.72. The Labute approximate surface area is 108 Å². The molecule has 0 aromatic heterocycles. The number of hydrogen-bond donors (Lipinski definition) is 2. The largest absolute Gasteiger partial charge is 0.392 e. The molecule has 0 aromatic carbocycles. The summed E-state index contributed by atoms with van der Waals surface area (Å²) < 4.78 is 19.7. The van der Waals surface area contributed by atoms with Crippen molar-refractivity contribution in [3.8, 4) is 0 Å². The predicted molar refractivity (Wildman–Crippen MR) is 71.0 cm³/mol. The molecular weight excluding hydrogens is 233 g/mol. The molecule has 1 aliphatic rings. The molecule has 102 valence electrons. The third-order valence-corrected chi connectivity index (χ3v) is 3.09. The van der Waals surface area contributed by atoms with Crippen molar-refractivity contribution in [2.45, 2.75) is 25.9 Å². The summed E-state index contributed by atoms with van der Waals surface area (Å²) in [4.78, 5) is 0. The molecule has 0 spiro atoms. The fourth-order valence-electron chi connectivity index (χ4n) is 1.87. The summed E-state index contributed by atoms with van der Waals surface area (Å²) in [6, 6.07) is 0. The van der Waals surface area contributed by atoms with E-state index >= 15 is 0 Å². The number of aliphatic hydroxyl groups excluding tert-OH is 1. The Hall–Kier alpha value is -0.970. The van der Waals surface area contributed by atoms with Gasteiger partial charge in [0.15, 0.2) is 0 Å². The molecule has 1 rings (SSSR count). The number of aliphatic hydroxyl groups is 1. The predicted octanol–water partition coefficient (Wildman–Crippen LogP) is 2.10. The molecule has 0 radical (unpaired) electrons. The first-order valence-electron chi connectivity index (χ1n) is 6.32. The zero-order valence-corrected chi connectivity index (χ0v) is 10.9. The van der Waals surface area contributed by atoms with Gasteiger partial charge in [-0.1, -0.05) is 18.7 Å². The highest BCUT2D eigenvalue weighted by Crippen LogP contribution is 2.19. The lowest BCUT2D eigenvalue weighted by molar-refractivity contribution is 0.0473. The van der Waals surface area contributed by atoms with E-state index in [0.717, 1.165) is 25.9 Å². The van der Waals surface area contributed by atoms with Crippen molar-refractivity contribution in [1.29, 1.82) is 0 Å².